The minimum atomic E-state index is -1.27. The summed E-state index contributed by atoms with van der Waals surface area (Å²) in [5.41, 5.74) is 7.92. The molecule has 0 aliphatic carbocycles. The van der Waals surface area contributed by atoms with E-state index in [2.05, 4.69) is 15.0 Å². The number of aliphatic hydroxyl groups excluding tert-OH is 2. The van der Waals surface area contributed by atoms with E-state index in [1.807, 2.05) is 0 Å². The lowest BCUT2D eigenvalue weighted by Gasteiger charge is -2.15. The molecule has 1 rings (SSSR count). The first-order valence-corrected chi connectivity index (χ1v) is 4.21. The van der Waals surface area contributed by atoms with Crippen LogP contribution in [0.15, 0.2) is 28.2 Å². The number of aliphatic hydroxyl groups is 2. The van der Waals surface area contributed by atoms with Gasteiger partial charge in [0.05, 0.1) is 18.3 Å². The van der Waals surface area contributed by atoms with Crippen molar-refractivity contribution in [2.75, 3.05) is 6.54 Å². The molecule has 15 heavy (non-hydrogen) atoms. The predicted octanol–water partition coefficient (Wildman–Crippen LogP) is 0.0795. The van der Waals surface area contributed by atoms with E-state index in [9.17, 15) is 15.0 Å². The Morgan fingerprint density at radius 1 is 1.60 bits per heavy atom. The molecule has 0 aliphatic heterocycles. The van der Waals surface area contributed by atoms with Crippen molar-refractivity contribution in [2.45, 2.75) is 12.2 Å². The molecule has 1 heterocycles. The van der Waals surface area contributed by atoms with E-state index < -0.39 is 12.2 Å². The molecule has 1 aromatic heterocycles. The number of hydrogen-bond donors (Lipinski definition) is 3. The maximum atomic E-state index is 10.9. The van der Waals surface area contributed by atoms with Crippen LogP contribution >= 0.6 is 0 Å². The molecule has 2 unspecified atom stereocenters. The van der Waals surface area contributed by atoms with E-state index in [1.54, 1.807) is 0 Å². The molecule has 3 N–H and O–H groups in total. The fourth-order valence-electron chi connectivity index (χ4n) is 1.06. The van der Waals surface area contributed by atoms with Gasteiger partial charge >= 0.3 is 0 Å². The van der Waals surface area contributed by atoms with Crippen LogP contribution in [0.2, 0.25) is 0 Å². The first kappa shape index (κ1) is 11.3. The average molecular weight is 210 g/mol. The number of hydrogen-bond acceptors (Lipinski definition) is 4. The highest BCUT2D eigenvalue weighted by Crippen LogP contribution is 2.12. The maximum Gasteiger partial charge on any atom is 0.181 e. The number of azide groups is 1. The summed E-state index contributed by atoms with van der Waals surface area (Å²) in [6.07, 6.45) is -1.15. The molecule has 0 spiro atoms. The number of aromatic amines is 1. The van der Waals surface area contributed by atoms with Crippen LogP contribution < -0.4 is 5.43 Å². The topological polar surface area (TPSA) is 122 Å². The summed E-state index contributed by atoms with van der Waals surface area (Å²) in [7, 11) is 0. The first-order valence-electron chi connectivity index (χ1n) is 4.21. The van der Waals surface area contributed by atoms with Crippen molar-refractivity contribution in [3.63, 3.8) is 0 Å². The van der Waals surface area contributed by atoms with Gasteiger partial charge in [0.25, 0.3) is 0 Å². The molecule has 0 saturated carbocycles. The second-order valence-corrected chi connectivity index (χ2v) is 2.91. The van der Waals surface area contributed by atoms with Crippen molar-refractivity contribution in [2.24, 2.45) is 5.11 Å². The monoisotopic (exact) mass is 210 g/mol. The fraction of sp³-hybridized carbons (Fsp3) is 0.375. The van der Waals surface area contributed by atoms with E-state index in [0.717, 1.165) is 0 Å². The Kier molecular flexibility index (Phi) is 3.87. The molecule has 0 saturated heterocycles. The Balaban J connectivity index is 2.79. The van der Waals surface area contributed by atoms with Crippen LogP contribution in [0.1, 0.15) is 11.8 Å². The zero-order valence-electron chi connectivity index (χ0n) is 7.74. The van der Waals surface area contributed by atoms with Gasteiger partial charge in [-0.05, 0) is 5.53 Å². The molecule has 7 nitrogen and oxygen atoms in total. The fourth-order valence-corrected chi connectivity index (χ4v) is 1.06. The minimum absolute atomic E-state index is 0.183. The minimum Gasteiger partial charge on any atom is -0.390 e. The molecule has 0 aliphatic rings. The maximum absolute atomic E-state index is 10.9. The molecule has 1 aromatic rings. The van der Waals surface area contributed by atoms with E-state index in [0.29, 0.717) is 0 Å². The first-order chi connectivity index (χ1) is 7.15. The lowest BCUT2D eigenvalue weighted by molar-refractivity contribution is 0.0217. The van der Waals surface area contributed by atoms with E-state index in [4.69, 9.17) is 5.53 Å². The molecule has 0 fully saturated rings. The van der Waals surface area contributed by atoms with E-state index in [1.165, 1.54) is 18.3 Å². The second-order valence-electron chi connectivity index (χ2n) is 2.91. The third-order valence-electron chi connectivity index (χ3n) is 1.81. The van der Waals surface area contributed by atoms with Crippen LogP contribution in [0, 0.1) is 0 Å². The number of nitrogens with one attached hydrogen (secondary N) is 1. The SMILES string of the molecule is [N-]=[N+]=NCC(O)C(O)c1cc(=O)cc[nH]1. The Morgan fingerprint density at radius 3 is 2.93 bits per heavy atom. The van der Waals surface area contributed by atoms with Gasteiger partial charge in [0.15, 0.2) is 5.43 Å². The van der Waals surface area contributed by atoms with Crippen molar-refractivity contribution in [3.05, 3.63) is 44.7 Å². The van der Waals surface area contributed by atoms with Crippen LogP contribution in [-0.2, 0) is 0 Å². The molecule has 0 aromatic carbocycles. The number of pyridine rings is 1. The second kappa shape index (κ2) is 5.16. The Labute approximate surface area is 84.6 Å². The highest BCUT2D eigenvalue weighted by atomic mass is 16.3. The molecule has 80 valence electrons. The van der Waals surface area contributed by atoms with Crippen molar-refractivity contribution in [1.29, 1.82) is 0 Å². The molecular formula is C8H10N4O3. The summed E-state index contributed by atoms with van der Waals surface area (Å²) in [5, 5.41) is 22.0. The molecule has 0 amide bonds. The summed E-state index contributed by atoms with van der Waals surface area (Å²) in [6.45, 7) is -0.255. The smallest absolute Gasteiger partial charge is 0.181 e. The summed E-state index contributed by atoms with van der Waals surface area (Å²) in [4.78, 5) is 16.0. The van der Waals surface area contributed by atoms with Crippen LogP contribution in [0.5, 0.6) is 0 Å². The zero-order valence-corrected chi connectivity index (χ0v) is 7.74. The third-order valence-corrected chi connectivity index (χ3v) is 1.81. The molecular weight excluding hydrogens is 200 g/mol. The average Bonchev–Trinajstić information content (AvgIpc) is 2.24. The highest BCUT2D eigenvalue weighted by molar-refractivity contribution is 5.08. The molecule has 2 atom stereocenters. The summed E-state index contributed by atoms with van der Waals surface area (Å²) in [6, 6.07) is 2.46. The van der Waals surface area contributed by atoms with Gasteiger partial charge in [-0.3, -0.25) is 4.79 Å². The van der Waals surface area contributed by atoms with Gasteiger partial charge in [0.2, 0.25) is 0 Å². The third kappa shape index (κ3) is 3.10. The van der Waals surface area contributed by atoms with E-state index in [-0.39, 0.29) is 17.7 Å². The molecule has 0 radical (unpaired) electrons. The highest BCUT2D eigenvalue weighted by Gasteiger charge is 2.18. The van der Waals surface area contributed by atoms with Gasteiger partial charge < -0.3 is 15.2 Å². The quantitative estimate of drug-likeness (QED) is 0.370. The van der Waals surface area contributed by atoms with Gasteiger partial charge in [0.1, 0.15) is 6.10 Å². The van der Waals surface area contributed by atoms with E-state index >= 15 is 0 Å². The summed E-state index contributed by atoms with van der Waals surface area (Å²) >= 11 is 0. The summed E-state index contributed by atoms with van der Waals surface area (Å²) in [5.74, 6) is 0. The van der Waals surface area contributed by atoms with Gasteiger partial charge in [-0.2, -0.15) is 0 Å². The van der Waals surface area contributed by atoms with Gasteiger partial charge in [-0.1, -0.05) is 5.11 Å². The standard InChI is InChI=1S/C8H10N4O3/c9-12-11-4-7(14)8(15)6-3-5(13)1-2-10-6/h1-3,7-8,14-15H,4H2,(H,10,13). The largest absolute Gasteiger partial charge is 0.390 e. The lowest BCUT2D eigenvalue weighted by atomic mass is 10.1. The van der Waals surface area contributed by atoms with Gasteiger partial charge in [-0.15, -0.1) is 0 Å². The molecule has 0 bridgehead atoms. The van der Waals surface area contributed by atoms with Crippen LogP contribution in [0.25, 0.3) is 10.4 Å². The predicted molar refractivity (Wildman–Crippen MR) is 52.0 cm³/mol. The Morgan fingerprint density at radius 2 is 2.33 bits per heavy atom. The van der Waals surface area contributed by atoms with Crippen molar-refractivity contribution >= 4 is 0 Å². The zero-order chi connectivity index (χ0) is 11.3. The van der Waals surface area contributed by atoms with Crippen LogP contribution in [0.4, 0.5) is 0 Å². The Bertz CT molecular complexity index is 424. The van der Waals surface area contributed by atoms with Gasteiger partial charge in [-0.25, -0.2) is 0 Å². The van der Waals surface area contributed by atoms with Crippen molar-refractivity contribution in [1.82, 2.24) is 4.98 Å². The van der Waals surface area contributed by atoms with Gasteiger partial charge in [0, 0.05) is 23.2 Å². The van der Waals surface area contributed by atoms with Crippen LogP contribution in [-0.4, -0.2) is 27.8 Å². The number of rotatable bonds is 4. The van der Waals surface area contributed by atoms with Crippen LogP contribution in [0.3, 0.4) is 0 Å². The lowest BCUT2D eigenvalue weighted by Crippen LogP contribution is -2.23. The molecule has 7 heteroatoms. The number of H-pyrrole nitrogens is 1. The van der Waals surface area contributed by atoms with Crippen molar-refractivity contribution < 1.29 is 10.2 Å². The number of aromatic nitrogens is 1. The summed E-state index contributed by atoms with van der Waals surface area (Å²) < 4.78 is 0. The van der Waals surface area contributed by atoms with Crippen molar-refractivity contribution in [3.8, 4) is 0 Å². The Hall–Kier alpha value is -1.82. The normalized spacial score (nSPS) is 14.0. The number of nitrogens with zero attached hydrogens (tertiary/aromatic N) is 3.